The molecule has 2 aromatic rings. The van der Waals surface area contributed by atoms with Gasteiger partial charge in [-0.05, 0) is 24.7 Å². The number of hydrogen-bond donors (Lipinski definition) is 3. The van der Waals surface area contributed by atoms with Crippen molar-refractivity contribution in [3.63, 3.8) is 0 Å². The second kappa shape index (κ2) is 3.88. The summed E-state index contributed by atoms with van der Waals surface area (Å²) in [7, 11) is 1.85. The van der Waals surface area contributed by atoms with E-state index < -0.39 is 5.76 Å². The molecule has 5 nitrogen and oxygen atoms in total. The molecular weight excluding hydrogens is 194 g/mol. The maximum Gasteiger partial charge on any atom is 0.417 e. The number of aromatic amines is 1. The highest BCUT2D eigenvalue weighted by atomic mass is 16.4. The molecular formula is C10H13N3O2. The molecule has 0 aliphatic carbocycles. The largest absolute Gasteiger partial charge is 0.417 e. The van der Waals surface area contributed by atoms with Crippen LogP contribution in [0.5, 0.6) is 0 Å². The Morgan fingerprint density at radius 2 is 2.40 bits per heavy atom. The van der Waals surface area contributed by atoms with E-state index in [1.165, 1.54) is 0 Å². The lowest BCUT2D eigenvalue weighted by molar-refractivity contribution is 0.555. The molecule has 0 aliphatic heterocycles. The first-order valence-corrected chi connectivity index (χ1v) is 4.74. The van der Waals surface area contributed by atoms with Gasteiger partial charge in [-0.3, -0.25) is 4.98 Å². The van der Waals surface area contributed by atoms with Gasteiger partial charge in [-0.15, -0.1) is 0 Å². The van der Waals surface area contributed by atoms with E-state index in [4.69, 9.17) is 10.2 Å². The Kier molecular flexibility index (Phi) is 2.57. The lowest BCUT2D eigenvalue weighted by atomic mass is 10.1. The molecule has 1 aromatic heterocycles. The van der Waals surface area contributed by atoms with Gasteiger partial charge in [0.2, 0.25) is 0 Å². The number of benzene rings is 1. The molecule has 80 valence electrons. The lowest BCUT2D eigenvalue weighted by Crippen LogP contribution is -2.24. The minimum absolute atomic E-state index is 0.0906. The van der Waals surface area contributed by atoms with Crippen molar-refractivity contribution in [3.8, 4) is 0 Å². The van der Waals surface area contributed by atoms with E-state index in [9.17, 15) is 4.79 Å². The summed E-state index contributed by atoms with van der Waals surface area (Å²) >= 11 is 0. The Bertz CT molecular complexity index is 511. The number of rotatable bonds is 3. The quantitative estimate of drug-likeness (QED) is 0.677. The summed E-state index contributed by atoms with van der Waals surface area (Å²) in [5, 5.41) is 3.09. The maximum atomic E-state index is 10.9. The van der Waals surface area contributed by atoms with Crippen molar-refractivity contribution in [2.24, 2.45) is 5.73 Å². The van der Waals surface area contributed by atoms with E-state index in [0.29, 0.717) is 17.6 Å². The van der Waals surface area contributed by atoms with Crippen molar-refractivity contribution in [1.29, 1.82) is 0 Å². The van der Waals surface area contributed by atoms with Crippen LogP contribution in [0, 0.1) is 0 Å². The van der Waals surface area contributed by atoms with Gasteiger partial charge in [-0.2, -0.15) is 0 Å². The molecule has 0 fully saturated rings. The van der Waals surface area contributed by atoms with E-state index in [2.05, 4.69) is 10.3 Å². The Labute approximate surface area is 86.3 Å². The van der Waals surface area contributed by atoms with Gasteiger partial charge in [0.1, 0.15) is 0 Å². The first-order valence-electron chi connectivity index (χ1n) is 4.74. The van der Waals surface area contributed by atoms with E-state index in [0.717, 1.165) is 5.56 Å². The molecule has 5 heteroatoms. The van der Waals surface area contributed by atoms with Crippen molar-refractivity contribution in [1.82, 2.24) is 10.3 Å². The summed E-state index contributed by atoms with van der Waals surface area (Å²) in [4.78, 5) is 13.6. The van der Waals surface area contributed by atoms with Gasteiger partial charge in [-0.1, -0.05) is 6.07 Å². The molecule has 15 heavy (non-hydrogen) atoms. The molecule has 0 radical (unpaired) electrons. The Hall–Kier alpha value is -1.59. The number of hydrogen-bond acceptors (Lipinski definition) is 4. The van der Waals surface area contributed by atoms with Crippen LogP contribution in [0.15, 0.2) is 27.4 Å². The monoisotopic (exact) mass is 207 g/mol. The molecule has 0 spiro atoms. The van der Waals surface area contributed by atoms with Crippen LogP contribution in [-0.4, -0.2) is 18.6 Å². The minimum atomic E-state index is -0.434. The fraction of sp³-hybridized carbons (Fsp3) is 0.300. The van der Waals surface area contributed by atoms with Crippen LogP contribution in [0.2, 0.25) is 0 Å². The number of fused-ring (bicyclic) bond motifs is 1. The van der Waals surface area contributed by atoms with Crippen molar-refractivity contribution in [3.05, 3.63) is 34.3 Å². The molecule has 1 unspecified atom stereocenters. The zero-order chi connectivity index (χ0) is 10.8. The van der Waals surface area contributed by atoms with Gasteiger partial charge in [-0.25, -0.2) is 4.79 Å². The van der Waals surface area contributed by atoms with Gasteiger partial charge in [0.15, 0.2) is 5.58 Å². The Balaban J connectivity index is 2.49. The highest BCUT2D eigenvalue weighted by Crippen LogP contribution is 2.17. The molecule has 2 rings (SSSR count). The van der Waals surface area contributed by atoms with Crippen molar-refractivity contribution >= 4 is 11.1 Å². The molecule has 1 aromatic carbocycles. The summed E-state index contributed by atoms with van der Waals surface area (Å²) in [5.41, 5.74) is 7.90. The van der Waals surface area contributed by atoms with E-state index >= 15 is 0 Å². The molecule has 1 heterocycles. The van der Waals surface area contributed by atoms with Crippen molar-refractivity contribution in [2.75, 3.05) is 13.6 Å². The van der Waals surface area contributed by atoms with Crippen LogP contribution in [0.4, 0.5) is 0 Å². The van der Waals surface area contributed by atoms with Crippen LogP contribution < -0.4 is 16.8 Å². The molecule has 1 atom stereocenters. The average molecular weight is 207 g/mol. The summed E-state index contributed by atoms with van der Waals surface area (Å²) in [6.45, 7) is 0.504. The third-order valence-corrected chi connectivity index (χ3v) is 2.43. The van der Waals surface area contributed by atoms with E-state index in [-0.39, 0.29) is 6.04 Å². The summed E-state index contributed by atoms with van der Waals surface area (Å²) in [6, 6.07) is 5.62. The first kappa shape index (κ1) is 9.95. The third-order valence-electron chi connectivity index (χ3n) is 2.43. The summed E-state index contributed by atoms with van der Waals surface area (Å²) in [6.07, 6.45) is 0. The van der Waals surface area contributed by atoms with Crippen molar-refractivity contribution < 1.29 is 4.42 Å². The van der Waals surface area contributed by atoms with Gasteiger partial charge in [0.25, 0.3) is 0 Å². The summed E-state index contributed by atoms with van der Waals surface area (Å²) in [5.74, 6) is -0.434. The SMILES string of the molecule is CNC(CN)c1ccc2oc(=O)[nH]c2c1. The number of H-pyrrole nitrogens is 1. The Morgan fingerprint density at radius 3 is 3.07 bits per heavy atom. The third kappa shape index (κ3) is 1.79. The maximum absolute atomic E-state index is 10.9. The van der Waals surface area contributed by atoms with Gasteiger partial charge >= 0.3 is 5.76 Å². The van der Waals surface area contributed by atoms with Gasteiger partial charge in [0.05, 0.1) is 5.52 Å². The predicted molar refractivity (Wildman–Crippen MR) is 57.7 cm³/mol. The highest BCUT2D eigenvalue weighted by Gasteiger charge is 2.08. The van der Waals surface area contributed by atoms with Crippen LogP contribution in [0.25, 0.3) is 11.1 Å². The smallest absolute Gasteiger partial charge is 0.408 e. The lowest BCUT2D eigenvalue weighted by Gasteiger charge is -2.13. The molecule has 0 saturated heterocycles. The Morgan fingerprint density at radius 1 is 1.60 bits per heavy atom. The fourth-order valence-electron chi connectivity index (χ4n) is 1.61. The number of nitrogens with two attached hydrogens (primary N) is 1. The van der Waals surface area contributed by atoms with Crippen LogP contribution in [-0.2, 0) is 0 Å². The second-order valence-corrected chi connectivity index (χ2v) is 3.35. The molecule has 0 bridgehead atoms. The van der Waals surface area contributed by atoms with Crippen molar-refractivity contribution in [2.45, 2.75) is 6.04 Å². The molecule has 0 saturated carbocycles. The predicted octanol–water partition coefficient (Wildman–Crippen LogP) is 0.340. The van der Waals surface area contributed by atoms with Gasteiger partial charge < -0.3 is 15.5 Å². The zero-order valence-corrected chi connectivity index (χ0v) is 8.41. The fourth-order valence-corrected chi connectivity index (χ4v) is 1.61. The number of oxazole rings is 1. The van der Waals surface area contributed by atoms with E-state index in [1.54, 1.807) is 6.07 Å². The average Bonchev–Trinajstić information content (AvgIpc) is 2.59. The molecule has 0 aliphatic rings. The topological polar surface area (TPSA) is 84.0 Å². The number of aromatic nitrogens is 1. The molecule has 4 N–H and O–H groups in total. The van der Waals surface area contributed by atoms with E-state index in [1.807, 2.05) is 19.2 Å². The summed E-state index contributed by atoms with van der Waals surface area (Å²) < 4.78 is 4.91. The normalized spacial score (nSPS) is 13.2. The first-order chi connectivity index (χ1) is 7.24. The number of likely N-dealkylation sites (N-methyl/N-ethyl adjacent to an activating group) is 1. The zero-order valence-electron chi connectivity index (χ0n) is 8.41. The van der Waals surface area contributed by atoms with Crippen LogP contribution >= 0.6 is 0 Å². The standard InChI is InChI=1S/C10H13N3O2/c1-12-8(5-11)6-2-3-9-7(4-6)13-10(14)15-9/h2-4,8,12H,5,11H2,1H3,(H,13,14). The minimum Gasteiger partial charge on any atom is -0.408 e. The second-order valence-electron chi connectivity index (χ2n) is 3.35. The number of nitrogens with one attached hydrogen (secondary N) is 2. The van der Waals surface area contributed by atoms with Crippen LogP contribution in [0.3, 0.4) is 0 Å². The van der Waals surface area contributed by atoms with Gasteiger partial charge in [0, 0.05) is 12.6 Å². The van der Waals surface area contributed by atoms with Crippen LogP contribution in [0.1, 0.15) is 11.6 Å². The highest BCUT2D eigenvalue weighted by molar-refractivity contribution is 5.72. The molecule has 0 amide bonds.